The minimum atomic E-state index is 0.117. The van der Waals surface area contributed by atoms with E-state index in [4.69, 9.17) is 0 Å². The Morgan fingerprint density at radius 1 is 1.17 bits per heavy atom. The van der Waals surface area contributed by atoms with Crippen LogP contribution in [0.4, 0.5) is 0 Å². The molecule has 29 heavy (non-hydrogen) atoms. The molecule has 3 heteroatoms. The Hall–Kier alpha value is -2.16. The molecule has 0 aliphatic heterocycles. The molecular weight excluding hydrogens is 356 g/mol. The number of nitrogens with zero attached hydrogens (tertiary/aromatic N) is 2. The average Bonchev–Trinajstić information content (AvgIpc) is 3.41. The van der Waals surface area contributed by atoms with Crippen LogP contribution < -0.4 is 0 Å². The second-order valence-corrected chi connectivity index (χ2v) is 10.6. The van der Waals surface area contributed by atoms with Gasteiger partial charge in [-0.1, -0.05) is 42.8 Å². The maximum Gasteiger partial charge on any atom is 0.102 e. The maximum atomic E-state index is 9.36. The van der Waals surface area contributed by atoms with Crippen molar-refractivity contribution in [2.24, 2.45) is 39.2 Å². The van der Waals surface area contributed by atoms with E-state index in [0.29, 0.717) is 11.3 Å². The van der Waals surface area contributed by atoms with E-state index in [0.717, 1.165) is 17.5 Å². The summed E-state index contributed by atoms with van der Waals surface area (Å²) in [5.41, 5.74) is 5.89. The minimum absolute atomic E-state index is 0.117. The van der Waals surface area contributed by atoms with E-state index in [2.05, 4.69) is 60.5 Å². The summed E-state index contributed by atoms with van der Waals surface area (Å²) in [4.78, 5) is 4.40. The topological polar surface area (TPSA) is 45.5 Å². The second-order valence-electron chi connectivity index (χ2n) is 10.6. The van der Waals surface area contributed by atoms with Crippen molar-refractivity contribution >= 4 is 11.3 Å². The highest BCUT2D eigenvalue weighted by Gasteiger charge is 2.64. The molecule has 5 aliphatic carbocycles. The third kappa shape index (κ3) is 2.25. The summed E-state index contributed by atoms with van der Waals surface area (Å²) in [6, 6.07) is 4.31. The fourth-order valence-corrected chi connectivity index (χ4v) is 7.85. The lowest BCUT2D eigenvalue weighted by atomic mass is 9.45. The molecule has 1 spiro atoms. The molecule has 0 amide bonds. The van der Waals surface area contributed by atoms with Gasteiger partial charge in [0.1, 0.15) is 5.71 Å². The first-order valence-electron chi connectivity index (χ1n) is 11.3. The van der Waals surface area contributed by atoms with Gasteiger partial charge in [0, 0.05) is 17.8 Å². The Bertz CT molecular complexity index is 983. The number of hydrogen-bond acceptors (Lipinski definition) is 3. The highest BCUT2D eigenvalue weighted by atomic mass is 16.4. The van der Waals surface area contributed by atoms with E-state index in [-0.39, 0.29) is 10.8 Å². The number of oxime groups is 1. The third-order valence-corrected chi connectivity index (χ3v) is 9.40. The molecule has 0 unspecified atom stereocenters. The lowest BCUT2D eigenvalue weighted by Crippen LogP contribution is -2.51. The molecule has 6 rings (SSSR count). The molecule has 3 saturated carbocycles. The van der Waals surface area contributed by atoms with Crippen molar-refractivity contribution in [3.63, 3.8) is 0 Å². The number of allylic oxidation sites excluding steroid dienone is 6. The fourth-order valence-electron chi connectivity index (χ4n) is 7.85. The molecule has 3 nitrogen and oxygen atoms in total. The Morgan fingerprint density at radius 2 is 2.03 bits per heavy atom. The molecule has 3 fully saturated rings. The first kappa shape index (κ1) is 17.7. The van der Waals surface area contributed by atoms with Crippen molar-refractivity contribution < 1.29 is 5.21 Å². The molecule has 5 atom stereocenters. The summed E-state index contributed by atoms with van der Waals surface area (Å²) in [7, 11) is 0. The molecule has 150 valence electrons. The zero-order chi connectivity index (χ0) is 19.9. The smallest absolute Gasteiger partial charge is 0.102 e. The van der Waals surface area contributed by atoms with Crippen LogP contribution in [0.25, 0.3) is 5.57 Å². The van der Waals surface area contributed by atoms with Gasteiger partial charge >= 0.3 is 0 Å². The van der Waals surface area contributed by atoms with Crippen LogP contribution in [0.1, 0.15) is 57.9 Å². The summed E-state index contributed by atoms with van der Waals surface area (Å²) in [5.74, 6) is 2.19. The molecule has 5 aliphatic rings. The highest BCUT2D eigenvalue weighted by Crippen LogP contribution is 2.74. The number of rotatable bonds is 1. The Morgan fingerprint density at radius 3 is 2.76 bits per heavy atom. The zero-order valence-corrected chi connectivity index (χ0v) is 17.4. The van der Waals surface area contributed by atoms with Crippen molar-refractivity contribution in [1.82, 2.24) is 4.98 Å². The van der Waals surface area contributed by atoms with Gasteiger partial charge in [0.2, 0.25) is 0 Å². The van der Waals surface area contributed by atoms with Gasteiger partial charge in [-0.2, -0.15) is 0 Å². The fraction of sp³-hybridized carbons (Fsp3) is 0.538. The van der Waals surface area contributed by atoms with Gasteiger partial charge in [0.05, 0.1) is 0 Å². The van der Waals surface area contributed by atoms with Gasteiger partial charge in [-0.15, -0.1) is 0 Å². The molecule has 0 saturated heterocycles. The first-order chi connectivity index (χ1) is 14.0. The largest absolute Gasteiger partial charge is 0.410 e. The summed E-state index contributed by atoms with van der Waals surface area (Å²) < 4.78 is 0. The molecule has 1 heterocycles. The molecule has 1 aromatic rings. The van der Waals surface area contributed by atoms with Crippen molar-refractivity contribution in [1.29, 1.82) is 0 Å². The normalized spacial score (nSPS) is 42.7. The van der Waals surface area contributed by atoms with Gasteiger partial charge in [0.15, 0.2) is 0 Å². The van der Waals surface area contributed by atoms with Crippen molar-refractivity contribution in [3.05, 3.63) is 60.0 Å². The summed E-state index contributed by atoms with van der Waals surface area (Å²) in [6.45, 7) is 4.99. The second kappa shape index (κ2) is 5.71. The van der Waals surface area contributed by atoms with Crippen LogP contribution in [0.15, 0.2) is 59.6 Å². The van der Waals surface area contributed by atoms with Gasteiger partial charge in [-0.3, -0.25) is 4.98 Å². The molecule has 1 N–H and O–H groups in total. The molecular formula is C26H30N2O. The Kier molecular flexibility index (Phi) is 3.48. The van der Waals surface area contributed by atoms with Gasteiger partial charge in [-0.05, 0) is 96.5 Å². The Labute approximate surface area is 173 Å². The predicted molar refractivity (Wildman–Crippen MR) is 115 cm³/mol. The van der Waals surface area contributed by atoms with E-state index in [1.807, 2.05) is 12.3 Å². The summed E-state index contributed by atoms with van der Waals surface area (Å²) in [6.07, 6.45) is 20.8. The lowest BCUT2D eigenvalue weighted by molar-refractivity contribution is -0.0175. The van der Waals surface area contributed by atoms with Gasteiger partial charge in [-0.25, -0.2) is 0 Å². The Balaban J connectivity index is 1.40. The highest BCUT2D eigenvalue weighted by molar-refractivity contribution is 6.05. The van der Waals surface area contributed by atoms with Crippen molar-refractivity contribution in [2.45, 2.75) is 52.4 Å². The van der Waals surface area contributed by atoms with E-state index in [1.54, 1.807) is 11.1 Å². The van der Waals surface area contributed by atoms with Crippen LogP contribution in [0, 0.1) is 34.0 Å². The van der Waals surface area contributed by atoms with Crippen molar-refractivity contribution in [3.8, 4) is 0 Å². The maximum absolute atomic E-state index is 9.36. The molecule has 0 aromatic carbocycles. The lowest BCUT2D eigenvalue weighted by Gasteiger charge is -2.59. The number of hydrogen-bond donors (Lipinski definition) is 1. The molecule has 0 radical (unpaired) electrons. The van der Waals surface area contributed by atoms with E-state index < -0.39 is 0 Å². The number of aromatic nitrogens is 1. The first-order valence-corrected chi connectivity index (χ1v) is 11.3. The SMILES string of the molecule is C[C@]12C=C/C(=N\O)C=C1C1(CC1)C[C@@H]1[C@@H]2CC[C@]2(C)C(c3cccnc3)=CC[C@@H]12. The molecule has 1 aromatic heterocycles. The van der Waals surface area contributed by atoms with Crippen LogP contribution in [0.5, 0.6) is 0 Å². The van der Waals surface area contributed by atoms with Crippen LogP contribution in [-0.4, -0.2) is 15.9 Å². The molecule has 0 bridgehead atoms. The quantitative estimate of drug-likeness (QED) is 0.473. The van der Waals surface area contributed by atoms with Gasteiger partial charge < -0.3 is 5.21 Å². The standard InChI is InChI=1S/C26H30N2O/c1-24-10-8-22-19(21(24)6-5-20(24)17-4-3-13-27-16-17)15-26(11-12-26)23-14-18(28-29)7-9-25(22,23)2/h3-5,7,9,13-14,16,19,21-22,29H,6,8,10-12,15H2,1-2H3/b28-18+/t19-,21-,22-,24+,25+/m0/s1. The van der Waals surface area contributed by atoms with E-state index in [1.165, 1.54) is 44.1 Å². The monoisotopic (exact) mass is 386 g/mol. The summed E-state index contributed by atoms with van der Waals surface area (Å²) in [5, 5.41) is 12.9. The zero-order valence-electron chi connectivity index (χ0n) is 17.4. The van der Waals surface area contributed by atoms with Gasteiger partial charge in [0.25, 0.3) is 0 Å². The average molecular weight is 387 g/mol. The number of fused-ring (bicyclic) bond motifs is 6. The summed E-state index contributed by atoms with van der Waals surface area (Å²) >= 11 is 0. The van der Waals surface area contributed by atoms with E-state index in [9.17, 15) is 5.21 Å². The van der Waals surface area contributed by atoms with Crippen LogP contribution >= 0.6 is 0 Å². The minimum Gasteiger partial charge on any atom is -0.410 e. The number of pyridine rings is 1. The van der Waals surface area contributed by atoms with Crippen molar-refractivity contribution in [2.75, 3.05) is 0 Å². The van der Waals surface area contributed by atoms with Crippen LogP contribution in [0.3, 0.4) is 0 Å². The predicted octanol–water partition coefficient (Wildman–Crippen LogP) is 6.03. The third-order valence-electron chi connectivity index (χ3n) is 9.40. The van der Waals surface area contributed by atoms with Crippen LogP contribution in [-0.2, 0) is 0 Å². The van der Waals surface area contributed by atoms with E-state index >= 15 is 0 Å². The van der Waals surface area contributed by atoms with Crippen LogP contribution in [0.2, 0.25) is 0 Å².